The predicted octanol–water partition coefficient (Wildman–Crippen LogP) is 2.67. The molecular weight excluding hydrogens is 334 g/mol. The Bertz CT molecular complexity index is 697. The van der Waals surface area contributed by atoms with E-state index in [0.29, 0.717) is 6.54 Å². The van der Waals surface area contributed by atoms with E-state index in [-0.39, 0.29) is 5.25 Å². The number of rotatable bonds is 8. The molecule has 132 valence electrons. The minimum atomic E-state index is -0.142. The first-order chi connectivity index (χ1) is 12.3. The second-order valence-electron chi connectivity index (χ2n) is 6.10. The van der Waals surface area contributed by atoms with Crippen molar-refractivity contribution in [3.63, 3.8) is 0 Å². The SMILES string of the molecule is C=CCn1c(SC(C=O)CN2CCCCC2)nnc1-c1ccncc1. The van der Waals surface area contributed by atoms with Gasteiger partial charge in [-0.05, 0) is 38.1 Å². The Kier molecular flexibility index (Phi) is 6.36. The molecule has 2 aromatic heterocycles. The van der Waals surface area contributed by atoms with E-state index >= 15 is 0 Å². The summed E-state index contributed by atoms with van der Waals surface area (Å²) in [7, 11) is 0. The van der Waals surface area contributed by atoms with Gasteiger partial charge in [-0.15, -0.1) is 16.8 Å². The first-order valence-corrected chi connectivity index (χ1v) is 9.48. The number of hydrogen-bond acceptors (Lipinski definition) is 6. The van der Waals surface area contributed by atoms with Crippen LogP contribution >= 0.6 is 11.8 Å². The molecule has 0 saturated carbocycles. The number of allylic oxidation sites excluding steroid dienone is 1. The summed E-state index contributed by atoms with van der Waals surface area (Å²) >= 11 is 1.48. The topological polar surface area (TPSA) is 63.9 Å². The highest BCUT2D eigenvalue weighted by atomic mass is 32.2. The van der Waals surface area contributed by atoms with E-state index < -0.39 is 0 Å². The van der Waals surface area contributed by atoms with E-state index in [0.717, 1.165) is 42.5 Å². The highest BCUT2D eigenvalue weighted by molar-refractivity contribution is 8.00. The van der Waals surface area contributed by atoms with Gasteiger partial charge < -0.3 is 9.69 Å². The van der Waals surface area contributed by atoms with Crippen LogP contribution in [0.15, 0.2) is 42.3 Å². The zero-order chi connectivity index (χ0) is 17.5. The van der Waals surface area contributed by atoms with Gasteiger partial charge in [0.2, 0.25) is 0 Å². The quantitative estimate of drug-likeness (QED) is 0.411. The molecule has 1 fully saturated rings. The highest BCUT2D eigenvalue weighted by Crippen LogP contribution is 2.27. The van der Waals surface area contributed by atoms with Crippen LogP contribution in [0.1, 0.15) is 19.3 Å². The van der Waals surface area contributed by atoms with E-state index in [2.05, 4.69) is 26.7 Å². The van der Waals surface area contributed by atoms with Crippen molar-refractivity contribution in [1.82, 2.24) is 24.6 Å². The number of hydrogen-bond donors (Lipinski definition) is 0. The highest BCUT2D eigenvalue weighted by Gasteiger charge is 2.21. The molecule has 1 aliphatic rings. The molecule has 3 heterocycles. The van der Waals surface area contributed by atoms with Crippen molar-refractivity contribution in [3.05, 3.63) is 37.2 Å². The van der Waals surface area contributed by atoms with Gasteiger partial charge in [0, 0.05) is 31.0 Å². The van der Waals surface area contributed by atoms with E-state index in [1.54, 1.807) is 12.4 Å². The van der Waals surface area contributed by atoms with Gasteiger partial charge in [0.15, 0.2) is 11.0 Å². The fourth-order valence-corrected chi connectivity index (χ4v) is 4.01. The van der Waals surface area contributed by atoms with Gasteiger partial charge in [-0.3, -0.25) is 9.55 Å². The summed E-state index contributed by atoms with van der Waals surface area (Å²) in [5.74, 6) is 0.771. The van der Waals surface area contributed by atoms with Gasteiger partial charge in [0.1, 0.15) is 6.29 Å². The van der Waals surface area contributed by atoms with E-state index in [4.69, 9.17) is 0 Å². The van der Waals surface area contributed by atoms with Crippen molar-refractivity contribution in [3.8, 4) is 11.4 Å². The van der Waals surface area contributed by atoms with Crippen molar-refractivity contribution >= 4 is 18.0 Å². The molecule has 0 aliphatic carbocycles. The Morgan fingerprint density at radius 1 is 1.20 bits per heavy atom. The zero-order valence-electron chi connectivity index (χ0n) is 14.3. The Labute approximate surface area is 152 Å². The fourth-order valence-electron chi connectivity index (χ4n) is 3.02. The molecule has 7 heteroatoms. The number of piperidine rings is 1. The molecule has 0 bridgehead atoms. The van der Waals surface area contributed by atoms with Gasteiger partial charge in [-0.25, -0.2) is 0 Å². The minimum Gasteiger partial charge on any atom is -0.302 e. The van der Waals surface area contributed by atoms with Crippen molar-refractivity contribution in [2.75, 3.05) is 19.6 Å². The molecule has 0 spiro atoms. The third-order valence-corrected chi connectivity index (χ3v) is 5.34. The van der Waals surface area contributed by atoms with E-state index in [9.17, 15) is 4.79 Å². The second kappa shape index (κ2) is 8.92. The van der Waals surface area contributed by atoms with Crippen LogP contribution in [-0.2, 0) is 11.3 Å². The van der Waals surface area contributed by atoms with Gasteiger partial charge in [0.25, 0.3) is 0 Å². The summed E-state index contributed by atoms with van der Waals surface area (Å²) < 4.78 is 2.00. The molecule has 0 aromatic carbocycles. The summed E-state index contributed by atoms with van der Waals surface area (Å²) in [6, 6.07) is 3.81. The molecule has 0 N–H and O–H groups in total. The molecule has 2 aromatic rings. The molecule has 0 amide bonds. The van der Waals surface area contributed by atoms with Gasteiger partial charge in [-0.2, -0.15) is 0 Å². The maximum absolute atomic E-state index is 11.6. The van der Waals surface area contributed by atoms with Gasteiger partial charge in [0.05, 0.1) is 5.25 Å². The number of aldehydes is 1. The normalized spacial score (nSPS) is 16.5. The molecule has 1 unspecified atom stereocenters. The second-order valence-corrected chi connectivity index (χ2v) is 7.30. The summed E-state index contributed by atoms with van der Waals surface area (Å²) in [5.41, 5.74) is 0.954. The maximum atomic E-state index is 11.6. The van der Waals surface area contributed by atoms with Crippen LogP contribution in [0.2, 0.25) is 0 Å². The summed E-state index contributed by atoms with van der Waals surface area (Å²) in [6.07, 6.45) is 10.0. The molecule has 6 nitrogen and oxygen atoms in total. The molecule has 0 radical (unpaired) electrons. The lowest BCUT2D eigenvalue weighted by molar-refractivity contribution is -0.107. The maximum Gasteiger partial charge on any atom is 0.192 e. The molecule has 25 heavy (non-hydrogen) atoms. The van der Waals surface area contributed by atoms with E-state index in [1.165, 1.54) is 31.0 Å². The largest absolute Gasteiger partial charge is 0.302 e. The third kappa shape index (κ3) is 4.55. The van der Waals surface area contributed by atoms with Crippen LogP contribution in [0.4, 0.5) is 0 Å². The molecule has 1 saturated heterocycles. The lowest BCUT2D eigenvalue weighted by Crippen LogP contribution is -2.36. The first-order valence-electron chi connectivity index (χ1n) is 8.60. The monoisotopic (exact) mass is 357 g/mol. The van der Waals surface area contributed by atoms with Crippen molar-refractivity contribution in [1.29, 1.82) is 0 Å². The van der Waals surface area contributed by atoms with Crippen molar-refractivity contribution in [2.24, 2.45) is 0 Å². The minimum absolute atomic E-state index is 0.142. The molecule has 1 aliphatic heterocycles. The smallest absolute Gasteiger partial charge is 0.192 e. The molecule has 1 atom stereocenters. The number of aromatic nitrogens is 4. The van der Waals surface area contributed by atoms with E-state index in [1.807, 2.05) is 22.8 Å². The zero-order valence-corrected chi connectivity index (χ0v) is 15.1. The van der Waals surface area contributed by atoms with Crippen LogP contribution in [0.25, 0.3) is 11.4 Å². The van der Waals surface area contributed by atoms with Crippen molar-refractivity contribution in [2.45, 2.75) is 36.2 Å². The van der Waals surface area contributed by atoms with Crippen LogP contribution in [0.3, 0.4) is 0 Å². The number of nitrogens with zero attached hydrogens (tertiary/aromatic N) is 5. The Hall–Kier alpha value is -1.99. The summed E-state index contributed by atoms with van der Waals surface area (Å²) in [5, 5.41) is 9.26. The average molecular weight is 357 g/mol. The Morgan fingerprint density at radius 3 is 2.64 bits per heavy atom. The van der Waals surface area contributed by atoms with Crippen LogP contribution in [0.5, 0.6) is 0 Å². The number of likely N-dealkylation sites (tertiary alicyclic amines) is 1. The molecular formula is C18H23N5OS. The summed E-state index contributed by atoms with van der Waals surface area (Å²) in [6.45, 7) is 7.34. The number of carbonyl (C=O) groups excluding carboxylic acids is 1. The van der Waals surface area contributed by atoms with Crippen LogP contribution < -0.4 is 0 Å². The molecule has 3 rings (SSSR count). The number of carbonyl (C=O) groups is 1. The standard InChI is InChI=1S/C18H23N5OS/c1-2-10-23-17(15-6-8-19-9-7-15)20-21-18(23)25-16(14-24)13-22-11-4-3-5-12-22/h2,6-9,14,16H,1,3-5,10-13H2. The van der Waals surface area contributed by atoms with Gasteiger partial charge >= 0.3 is 0 Å². The van der Waals surface area contributed by atoms with Crippen LogP contribution in [0, 0.1) is 0 Å². The third-order valence-electron chi connectivity index (χ3n) is 4.26. The van der Waals surface area contributed by atoms with Gasteiger partial charge in [-0.1, -0.05) is 24.3 Å². The Morgan fingerprint density at radius 2 is 1.96 bits per heavy atom. The lowest BCUT2D eigenvalue weighted by atomic mass is 10.1. The average Bonchev–Trinajstić information content (AvgIpc) is 3.05. The van der Waals surface area contributed by atoms with Crippen LogP contribution in [-0.4, -0.2) is 55.8 Å². The lowest BCUT2D eigenvalue weighted by Gasteiger charge is -2.28. The number of pyridine rings is 1. The number of thioether (sulfide) groups is 1. The summed E-state index contributed by atoms with van der Waals surface area (Å²) in [4.78, 5) is 18.0. The Balaban J connectivity index is 1.77. The predicted molar refractivity (Wildman–Crippen MR) is 99.5 cm³/mol. The fraction of sp³-hybridized carbons (Fsp3) is 0.444. The first kappa shape index (κ1) is 17.8. The van der Waals surface area contributed by atoms with Crippen molar-refractivity contribution < 1.29 is 4.79 Å².